The summed E-state index contributed by atoms with van der Waals surface area (Å²) in [6.45, 7) is 8.17. The van der Waals surface area contributed by atoms with Gasteiger partial charge in [0.25, 0.3) is 11.8 Å². The van der Waals surface area contributed by atoms with Crippen molar-refractivity contribution in [2.45, 2.75) is 39.7 Å². The first-order valence-electron chi connectivity index (χ1n) is 13.1. The van der Waals surface area contributed by atoms with E-state index in [4.69, 9.17) is 4.74 Å². The largest absolute Gasteiger partial charge is 0.492 e. The maximum Gasteiger partial charge on any atom is 0.270 e. The van der Waals surface area contributed by atoms with Crippen molar-refractivity contribution in [1.82, 2.24) is 21.3 Å². The van der Waals surface area contributed by atoms with Gasteiger partial charge < -0.3 is 15.4 Å². The first-order chi connectivity index (χ1) is 19.7. The number of hydrogen-bond acceptors (Lipinski definition) is 9. The zero-order valence-corrected chi connectivity index (χ0v) is 25.1. The van der Waals surface area contributed by atoms with Crippen molar-refractivity contribution in [1.29, 1.82) is 0 Å². The molecule has 2 heterocycles. The molecule has 1 aromatic heterocycles. The number of hydrazine groups is 2. The molecular weight excluding hydrogens is 558 g/mol. The molecular formula is C29H35N7O5S. The second-order valence-corrected chi connectivity index (χ2v) is 12.6. The molecule has 2 aromatic carbocycles. The molecule has 4 rings (SSSR count). The highest BCUT2D eigenvalue weighted by Crippen LogP contribution is 2.39. The summed E-state index contributed by atoms with van der Waals surface area (Å²) in [5.74, 6) is -0.556. The number of aromatic nitrogens is 1. The van der Waals surface area contributed by atoms with E-state index in [1.807, 2.05) is 39.8 Å². The molecule has 42 heavy (non-hydrogen) atoms. The van der Waals surface area contributed by atoms with Gasteiger partial charge in [0.2, 0.25) is 10.0 Å². The third kappa shape index (κ3) is 7.36. The number of rotatable bonds is 9. The summed E-state index contributed by atoms with van der Waals surface area (Å²) in [5.41, 5.74) is 9.82. The number of aryl methyl sites for hydroxylation is 1. The second kappa shape index (κ2) is 12.1. The summed E-state index contributed by atoms with van der Waals surface area (Å²) in [6.07, 6.45) is 5.97. The predicted octanol–water partition coefficient (Wildman–Crippen LogP) is 3.31. The Labute approximate surface area is 245 Å². The van der Waals surface area contributed by atoms with E-state index in [1.165, 1.54) is 7.11 Å². The normalized spacial score (nSPS) is 13.2. The number of nitrogens with one attached hydrogen (secondary N) is 5. The number of carbonyl (C=O) groups is 2. The molecule has 3 aromatic rings. The number of ether oxygens (including phenoxy) is 1. The molecule has 5 N–H and O–H groups in total. The molecule has 1 aliphatic rings. The van der Waals surface area contributed by atoms with Crippen LogP contribution in [0.4, 0.5) is 17.1 Å². The van der Waals surface area contributed by atoms with Crippen LogP contribution < -0.4 is 36.1 Å². The summed E-state index contributed by atoms with van der Waals surface area (Å²) in [7, 11) is -2.21. The third-order valence-corrected chi connectivity index (χ3v) is 7.04. The molecule has 0 radical (unpaired) electrons. The minimum absolute atomic E-state index is 0.185. The van der Waals surface area contributed by atoms with Crippen molar-refractivity contribution in [3.05, 3.63) is 89.0 Å². The molecule has 0 bridgehead atoms. The maximum atomic E-state index is 13.5. The summed E-state index contributed by atoms with van der Waals surface area (Å²) in [6, 6.07) is 12.3. The van der Waals surface area contributed by atoms with Crippen LogP contribution in [0.15, 0.2) is 66.8 Å². The molecule has 0 atom stereocenters. The number of pyridine rings is 1. The number of carbonyl (C=O) groups excluding carboxylic acids is 2. The summed E-state index contributed by atoms with van der Waals surface area (Å²) >= 11 is 0. The first-order valence-corrected chi connectivity index (χ1v) is 15.0. The average molecular weight is 594 g/mol. The summed E-state index contributed by atoms with van der Waals surface area (Å²) < 4.78 is 32.1. The van der Waals surface area contributed by atoms with Gasteiger partial charge in [0, 0.05) is 24.5 Å². The molecule has 0 saturated carbocycles. The van der Waals surface area contributed by atoms with Crippen molar-refractivity contribution in [3.63, 3.8) is 0 Å². The lowest BCUT2D eigenvalue weighted by molar-refractivity contribution is -0.118. The second-order valence-electron chi connectivity index (χ2n) is 10.9. The van der Waals surface area contributed by atoms with E-state index in [0.29, 0.717) is 29.2 Å². The van der Waals surface area contributed by atoms with Crippen molar-refractivity contribution in [2.75, 3.05) is 28.4 Å². The van der Waals surface area contributed by atoms with Crippen LogP contribution in [0.2, 0.25) is 0 Å². The third-order valence-electron chi connectivity index (χ3n) is 6.45. The number of hydrogen-bond donors (Lipinski definition) is 5. The monoisotopic (exact) mass is 593 g/mol. The lowest BCUT2D eigenvalue weighted by Gasteiger charge is -2.24. The van der Waals surface area contributed by atoms with Crippen molar-refractivity contribution < 1.29 is 22.7 Å². The standard InChI is InChI=1S/C29H35N7O5S/c1-18-7-8-20(13-25(18)36-17-24(33-35-36)28(38)31-16-19-9-11-30-12-10-19)27(37)32-22-14-21(29(2,3)4)15-23(26(22)41-5)34-42(6,39)40/h7-15,17,33-35H,16H2,1-6H3,(H,31,38)(H,32,37). The predicted molar refractivity (Wildman–Crippen MR) is 162 cm³/mol. The van der Waals surface area contributed by atoms with Gasteiger partial charge in [-0.3, -0.25) is 29.7 Å². The van der Waals surface area contributed by atoms with Crippen LogP contribution in [0.3, 0.4) is 0 Å². The Morgan fingerprint density at radius 3 is 2.36 bits per heavy atom. The fourth-order valence-electron chi connectivity index (χ4n) is 4.19. The van der Waals surface area contributed by atoms with Crippen LogP contribution in [0, 0.1) is 6.92 Å². The zero-order valence-electron chi connectivity index (χ0n) is 24.3. The van der Waals surface area contributed by atoms with E-state index >= 15 is 0 Å². The zero-order chi connectivity index (χ0) is 30.7. The Morgan fingerprint density at radius 1 is 1.02 bits per heavy atom. The van der Waals surface area contributed by atoms with Gasteiger partial charge in [-0.1, -0.05) is 26.8 Å². The fraction of sp³-hybridized carbons (Fsp3) is 0.276. The molecule has 0 fully saturated rings. The van der Waals surface area contributed by atoms with Gasteiger partial charge in [0.05, 0.1) is 36.6 Å². The van der Waals surface area contributed by atoms with E-state index in [-0.39, 0.29) is 22.8 Å². The number of amides is 2. The number of methoxy groups -OCH3 is 1. The quantitative estimate of drug-likeness (QED) is 0.251. The minimum atomic E-state index is -3.62. The van der Waals surface area contributed by atoms with Gasteiger partial charge in [-0.05, 0) is 65.4 Å². The average Bonchev–Trinajstić information content (AvgIpc) is 3.41. The highest BCUT2D eigenvalue weighted by atomic mass is 32.2. The smallest absolute Gasteiger partial charge is 0.270 e. The summed E-state index contributed by atoms with van der Waals surface area (Å²) in [4.78, 5) is 30.1. The van der Waals surface area contributed by atoms with Gasteiger partial charge in [-0.15, -0.1) is 5.53 Å². The molecule has 13 heteroatoms. The Kier molecular flexibility index (Phi) is 8.73. The molecule has 222 valence electrons. The molecule has 2 amide bonds. The fourth-order valence-corrected chi connectivity index (χ4v) is 4.74. The lowest BCUT2D eigenvalue weighted by atomic mass is 9.86. The Bertz CT molecular complexity index is 1630. The lowest BCUT2D eigenvalue weighted by Crippen LogP contribution is -2.39. The number of benzene rings is 2. The topological polar surface area (TPSA) is 154 Å². The Hall–Kier alpha value is -4.62. The van der Waals surface area contributed by atoms with Crippen LogP contribution in [0.25, 0.3) is 0 Å². The van der Waals surface area contributed by atoms with Gasteiger partial charge >= 0.3 is 0 Å². The molecule has 0 saturated heterocycles. The van der Waals surface area contributed by atoms with E-state index in [1.54, 1.807) is 53.9 Å². The molecule has 12 nitrogen and oxygen atoms in total. The van der Waals surface area contributed by atoms with Crippen molar-refractivity contribution in [3.8, 4) is 5.75 Å². The van der Waals surface area contributed by atoms with Crippen molar-refractivity contribution in [2.24, 2.45) is 0 Å². The molecule has 0 unspecified atom stereocenters. The number of sulfonamides is 1. The van der Waals surface area contributed by atoms with E-state index < -0.39 is 15.9 Å². The Balaban J connectivity index is 1.57. The number of anilines is 3. The van der Waals surface area contributed by atoms with Crippen LogP contribution in [0.5, 0.6) is 5.75 Å². The molecule has 0 spiro atoms. The maximum absolute atomic E-state index is 13.5. The van der Waals surface area contributed by atoms with Crippen LogP contribution >= 0.6 is 0 Å². The van der Waals surface area contributed by atoms with Crippen LogP contribution in [0.1, 0.15) is 47.8 Å². The highest BCUT2D eigenvalue weighted by molar-refractivity contribution is 7.92. The van der Waals surface area contributed by atoms with Gasteiger partial charge in [-0.25, -0.2) is 8.42 Å². The van der Waals surface area contributed by atoms with Gasteiger partial charge in [0.1, 0.15) is 5.70 Å². The number of nitrogens with zero attached hydrogens (tertiary/aromatic N) is 2. The molecule has 0 aliphatic carbocycles. The minimum Gasteiger partial charge on any atom is -0.492 e. The first kappa shape index (κ1) is 30.3. The van der Waals surface area contributed by atoms with Crippen LogP contribution in [-0.4, -0.2) is 38.6 Å². The molecule has 1 aliphatic heterocycles. The van der Waals surface area contributed by atoms with Gasteiger partial charge in [0.15, 0.2) is 5.75 Å². The highest BCUT2D eigenvalue weighted by Gasteiger charge is 2.24. The summed E-state index contributed by atoms with van der Waals surface area (Å²) in [5, 5.41) is 7.34. The van der Waals surface area contributed by atoms with Crippen molar-refractivity contribution >= 4 is 38.9 Å². The SMILES string of the molecule is COc1c(NC(=O)c2ccc(C)c(N3C=C(C(=O)NCc4ccncc4)NN3)c2)cc(C(C)(C)C)cc1NS(C)(=O)=O. The van der Waals surface area contributed by atoms with E-state index in [9.17, 15) is 18.0 Å². The Morgan fingerprint density at radius 2 is 1.71 bits per heavy atom. The van der Waals surface area contributed by atoms with E-state index in [0.717, 1.165) is 22.9 Å². The van der Waals surface area contributed by atoms with Crippen LogP contribution in [-0.2, 0) is 26.8 Å². The van der Waals surface area contributed by atoms with Gasteiger partial charge in [-0.2, -0.15) is 0 Å². The van der Waals surface area contributed by atoms with E-state index in [2.05, 4.69) is 31.3 Å².